The van der Waals surface area contributed by atoms with Crippen LogP contribution in [0.1, 0.15) is 29.9 Å². The molecular weight excluding hydrogens is 246 g/mol. The molecule has 2 rings (SSSR count). The lowest BCUT2D eigenvalue weighted by atomic mass is 10.2. The van der Waals surface area contributed by atoms with Crippen molar-refractivity contribution in [2.75, 3.05) is 13.2 Å². The molecule has 1 unspecified atom stereocenters. The fourth-order valence-corrected chi connectivity index (χ4v) is 1.76. The minimum absolute atomic E-state index is 0.155. The van der Waals surface area contributed by atoms with Gasteiger partial charge in [-0.2, -0.15) is 5.26 Å². The minimum Gasteiger partial charge on any atom is -0.348 e. The van der Waals surface area contributed by atoms with E-state index in [0.717, 1.165) is 0 Å². The van der Waals surface area contributed by atoms with Crippen LogP contribution in [0.3, 0.4) is 0 Å². The molecule has 100 valence electrons. The van der Waals surface area contributed by atoms with Crippen LogP contribution in [0.4, 0.5) is 0 Å². The lowest BCUT2D eigenvalue weighted by molar-refractivity contribution is -0.137. The summed E-state index contributed by atoms with van der Waals surface area (Å²) in [5.41, 5.74) is 0.697. The predicted molar refractivity (Wildman–Crippen MR) is 66.2 cm³/mol. The molecule has 1 N–H and O–H groups in total. The van der Waals surface area contributed by atoms with E-state index in [0.29, 0.717) is 18.7 Å². The van der Waals surface area contributed by atoms with Crippen LogP contribution >= 0.6 is 0 Å². The number of amides is 1. The molecule has 0 aromatic carbocycles. The van der Waals surface area contributed by atoms with Crippen molar-refractivity contribution < 1.29 is 14.3 Å². The molecule has 1 fully saturated rings. The maximum Gasteiger partial charge on any atom is 0.269 e. The topological polar surface area (TPSA) is 84.2 Å². The Hall–Kier alpha value is -1.97. The van der Waals surface area contributed by atoms with Gasteiger partial charge in [0.15, 0.2) is 5.79 Å². The van der Waals surface area contributed by atoms with Gasteiger partial charge in [0.1, 0.15) is 17.9 Å². The largest absolute Gasteiger partial charge is 0.348 e. The van der Waals surface area contributed by atoms with Crippen LogP contribution in [0.5, 0.6) is 0 Å². The summed E-state index contributed by atoms with van der Waals surface area (Å²) in [6.07, 6.45) is 1.21. The molecule has 1 aromatic heterocycles. The first-order valence-electron chi connectivity index (χ1n) is 5.96. The van der Waals surface area contributed by atoms with Crippen molar-refractivity contribution in [1.29, 1.82) is 5.26 Å². The van der Waals surface area contributed by atoms with E-state index in [4.69, 9.17) is 14.7 Å². The summed E-state index contributed by atoms with van der Waals surface area (Å²) in [6, 6.07) is 5.02. The zero-order valence-electron chi connectivity index (χ0n) is 10.8. The van der Waals surface area contributed by atoms with E-state index >= 15 is 0 Å². The molecule has 19 heavy (non-hydrogen) atoms. The number of nitriles is 1. The van der Waals surface area contributed by atoms with Gasteiger partial charge in [0.05, 0.1) is 12.2 Å². The van der Waals surface area contributed by atoms with Crippen molar-refractivity contribution >= 4 is 5.91 Å². The molecule has 0 spiro atoms. The van der Waals surface area contributed by atoms with Crippen LogP contribution < -0.4 is 5.32 Å². The Balaban J connectivity index is 1.86. The fourth-order valence-electron chi connectivity index (χ4n) is 1.76. The van der Waals surface area contributed by atoms with Gasteiger partial charge in [0.25, 0.3) is 5.91 Å². The van der Waals surface area contributed by atoms with Crippen molar-refractivity contribution in [2.24, 2.45) is 0 Å². The number of rotatable bonds is 3. The van der Waals surface area contributed by atoms with Gasteiger partial charge in [-0.25, -0.2) is 4.98 Å². The molecule has 1 saturated heterocycles. The third-order valence-electron chi connectivity index (χ3n) is 2.68. The number of nitrogens with one attached hydrogen (secondary N) is 1. The van der Waals surface area contributed by atoms with Crippen molar-refractivity contribution in [1.82, 2.24) is 10.3 Å². The Morgan fingerprint density at radius 2 is 2.42 bits per heavy atom. The zero-order valence-corrected chi connectivity index (χ0v) is 10.8. The zero-order chi connectivity index (χ0) is 13.9. The van der Waals surface area contributed by atoms with Crippen LogP contribution in [0.2, 0.25) is 0 Å². The third-order valence-corrected chi connectivity index (χ3v) is 2.68. The van der Waals surface area contributed by atoms with E-state index in [-0.39, 0.29) is 17.7 Å². The van der Waals surface area contributed by atoms with Crippen molar-refractivity contribution in [2.45, 2.75) is 25.7 Å². The Kier molecular flexibility index (Phi) is 3.79. The normalized spacial score (nSPS) is 20.8. The SMILES string of the molecule is CC1(C)OCC(CNC(=O)c2ccc(C#N)cn2)O1. The highest BCUT2D eigenvalue weighted by molar-refractivity contribution is 5.92. The molecule has 6 nitrogen and oxygen atoms in total. The van der Waals surface area contributed by atoms with Crippen molar-refractivity contribution in [3.63, 3.8) is 0 Å². The maximum atomic E-state index is 11.8. The monoisotopic (exact) mass is 261 g/mol. The molecule has 1 aromatic rings. The highest BCUT2D eigenvalue weighted by Gasteiger charge is 2.32. The first kappa shape index (κ1) is 13.5. The van der Waals surface area contributed by atoms with Gasteiger partial charge in [-0.05, 0) is 26.0 Å². The molecule has 1 aliphatic heterocycles. The number of carbonyl (C=O) groups is 1. The van der Waals surface area contributed by atoms with Gasteiger partial charge < -0.3 is 14.8 Å². The van der Waals surface area contributed by atoms with E-state index in [1.54, 1.807) is 6.07 Å². The number of aromatic nitrogens is 1. The molecule has 1 aliphatic rings. The number of nitrogens with zero attached hydrogens (tertiary/aromatic N) is 2. The van der Waals surface area contributed by atoms with E-state index in [9.17, 15) is 4.79 Å². The quantitative estimate of drug-likeness (QED) is 0.871. The van der Waals surface area contributed by atoms with Gasteiger partial charge >= 0.3 is 0 Å². The number of ether oxygens (including phenoxy) is 2. The summed E-state index contributed by atoms with van der Waals surface area (Å²) >= 11 is 0. The van der Waals surface area contributed by atoms with Gasteiger partial charge in [-0.15, -0.1) is 0 Å². The lowest BCUT2D eigenvalue weighted by Gasteiger charge is -2.17. The first-order valence-corrected chi connectivity index (χ1v) is 5.96. The average molecular weight is 261 g/mol. The maximum absolute atomic E-state index is 11.8. The van der Waals surface area contributed by atoms with Gasteiger partial charge in [-0.3, -0.25) is 4.79 Å². The summed E-state index contributed by atoms with van der Waals surface area (Å²) in [6.45, 7) is 4.48. The number of hydrogen-bond acceptors (Lipinski definition) is 5. The van der Waals surface area contributed by atoms with Crippen LogP contribution in [0.25, 0.3) is 0 Å². The van der Waals surface area contributed by atoms with Crippen LogP contribution in [-0.2, 0) is 9.47 Å². The average Bonchev–Trinajstić information content (AvgIpc) is 2.76. The Labute approximate surface area is 111 Å². The predicted octanol–water partition coefficient (Wildman–Crippen LogP) is 0.835. The summed E-state index contributed by atoms with van der Waals surface area (Å²) in [5, 5.41) is 11.4. The Morgan fingerprint density at radius 3 is 2.95 bits per heavy atom. The van der Waals surface area contributed by atoms with Gasteiger partial charge in [0, 0.05) is 12.7 Å². The minimum atomic E-state index is -0.595. The van der Waals surface area contributed by atoms with Crippen molar-refractivity contribution in [3.05, 3.63) is 29.6 Å². The summed E-state index contributed by atoms with van der Waals surface area (Å²) in [5.74, 6) is -0.889. The van der Waals surface area contributed by atoms with Crippen LogP contribution in [0.15, 0.2) is 18.3 Å². The second-order valence-corrected chi connectivity index (χ2v) is 4.70. The third kappa shape index (κ3) is 3.50. The number of pyridine rings is 1. The molecule has 1 amide bonds. The Morgan fingerprint density at radius 1 is 1.63 bits per heavy atom. The Bertz CT molecular complexity index is 505. The first-order chi connectivity index (χ1) is 9.00. The van der Waals surface area contributed by atoms with Crippen molar-refractivity contribution in [3.8, 4) is 6.07 Å². The second kappa shape index (κ2) is 5.34. The van der Waals surface area contributed by atoms with E-state index < -0.39 is 5.79 Å². The smallest absolute Gasteiger partial charge is 0.269 e. The molecule has 2 heterocycles. The molecule has 0 saturated carbocycles. The number of carbonyl (C=O) groups excluding carboxylic acids is 1. The molecule has 0 radical (unpaired) electrons. The number of hydrogen-bond donors (Lipinski definition) is 1. The highest BCUT2D eigenvalue weighted by atomic mass is 16.7. The lowest BCUT2D eigenvalue weighted by Crippen LogP contribution is -2.34. The van der Waals surface area contributed by atoms with Gasteiger partial charge in [-0.1, -0.05) is 0 Å². The van der Waals surface area contributed by atoms with E-state index in [1.807, 2.05) is 19.9 Å². The molecule has 0 bridgehead atoms. The molecule has 1 atom stereocenters. The molecular formula is C13H15N3O3. The summed E-state index contributed by atoms with van der Waals surface area (Å²) < 4.78 is 11.0. The standard InChI is InChI=1S/C13H15N3O3/c1-13(2)18-8-10(19-13)7-16-12(17)11-4-3-9(5-14)6-15-11/h3-4,6,10H,7-8H2,1-2H3,(H,16,17). The highest BCUT2D eigenvalue weighted by Crippen LogP contribution is 2.21. The van der Waals surface area contributed by atoms with E-state index in [2.05, 4.69) is 10.3 Å². The molecule has 0 aliphatic carbocycles. The van der Waals surface area contributed by atoms with Crippen LogP contribution in [0, 0.1) is 11.3 Å². The second-order valence-electron chi connectivity index (χ2n) is 4.70. The molecule has 6 heteroatoms. The van der Waals surface area contributed by atoms with Crippen LogP contribution in [-0.4, -0.2) is 35.9 Å². The summed E-state index contributed by atoms with van der Waals surface area (Å²) in [4.78, 5) is 15.7. The van der Waals surface area contributed by atoms with Gasteiger partial charge in [0.2, 0.25) is 0 Å². The summed E-state index contributed by atoms with van der Waals surface area (Å²) in [7, 11) is 0. The fraction of sp³-hybridized carbons (Fsp3) is 0.462. The van der Waals surface area contributed by atoms with E-state index in [1.165, 1.54) is 12.3 Å².